The predicted octanol–water partition coefficient (Wildman–Crippen LogP) is 3.84. The van der Waals surface area contributed by atoms with Gasteiger partial charge in [0.15, 0.2) is 0 Å². The van der Waals surface area contributed by atoms with E-state index in [0.29, 0.717) is 24.1 Å². The van der Waals surface area contributed by atoms with Crippen molar-refractivity contribution in [2.45, 2.75) is 50.0 Å². The van der Waals surface area contributed by atoms with Crippen molar-refractivity contribution in [3.63, 3.8) is 0 Å². The second kappa shape index (κ2) is 9.47. The Kier molecular flexibility index (Phi) is 6.19. The summed E-state index contributed by atoms with van der Waals surface area (Å²) in [6, 6.07) is 20.8. The van der Waals surface area contributed by atoms with Gasteiger partial charge < -0.3 is 24.8 Å². The van der Waals surface area contributed by atoms with Gasteiger partial charge in [0.1, 0.15) is 17.6 Å². The third kappa shape index (κ3) is 3.85. The lowest BCUT2D eigenvalue weighted by Gasteiger charge is -2.37. The normalized spacial score (nSPS) is 29.9. The maximum absolute atomic E-state index is 14.3. The van der Waals surface area contributed by atoms with E-state index in [2.05, 4.69) is 5.32 Å². The molecule has 1 spiro atoms. The minimum Gasteiger partial charge on any atom is -0.466 e. The van der Waals surface area contributed by atoms with Crippen LogP contribution in [0.1, 0.15) is 38.3 Å². The van der Waals surface area contributed by atoms with Gasteiger partial charge in [-0.25, -0.2) is 0 Å². The maximum Gasteiger partial charge on any atom is 0.312 e. The molecular weight excluding hydrogens is 496 g/mol. The molecule has 0 radical (unpaired) electrons. The van der Waals surface area contributed by atoms with Gasteiger partial charge in [0, 0.05) is 5.69 Å². The Morgan fingerprint density at radius 1 is 1.08 bits per heavy atom. The zero-order valence-corrected chi connectivity index (χ0v) is 22.0. The van der Waals surface area contributed by atoms with E-state index >= 15 is 0 Å². The van der Waals surface area contributed by atoms with Gasteiger partial charge in [0.2, 0.25) is 11.8 Å². The van der Waals surface area contributed by atoms with Crippen molar-refractivity contribution < 1.29 is 29.0 Å². The summed E-state index contributed by atoms with van der Waals surface area (Å²) in [7, 11) is 0. The first-order valence-electron chi connectivity index (χ1n) is 13.5. The number of anilines is 1. The molecule has 0 aliphatic carbocycles. The number of aliphatic hydroxyl groups is 1. The molecule has 6 atom stereocenters. The molecular formula is C31H32N2O6. The third-order valence-electron chi connectivity index (χ3n) is 8.71. The van der Waals surface area contributed by atoms with E-state index in [1.54, 1.807) is 6.92 Å². The fraction of sp³-hybridized carbons (Fsp3) is 0.387. The van der Waals surface area contributed by atoms with Crippen molar-refractivity contribution in [2.24, 2.45) is 11.8 Å². The first-order valence-corrected chi connectivity index (χ1v) is 13.5. The lowest BCUT2D eigenvalue weighted by Crippen LogP contribution is -2.54. The molecule has 202 valence electrons. The van der Waals surface area contributed by atoms with Gasteiger partial charge >= 0.3 is 5.97 Å². The Hall–Kier alpha value is -3.75. The molecule has 3 aromatic rings. The minimum atomic E-state index is -1.22. The summed E-state index contributed by atoms with van der Waals surface area (Å²) in [5.41, 5.74) is -0.845. The van der Waals surface area contributed by atoms with Crippen LogP contribution in [-0.4, -0.2) is 58.2 Å². The van der Waals surface area contributed by atoms with Gasteiger partial charge in [-0.05, 0) is 55.2 Å². The molecule has 2 unspecified atom stereocenters. The quantitative estimate of drug-likeness (QED) is 0.452. The highest BCUT2D eigenvalue weighted by atomic mass is 16.6. The molecule has 2 bridgehead atoms. The van der Waals surface area contributed by atoms with E-state index in [4.69, 9.17) is 9.47 Å². The number of nitrogens with zero attached hydrogens (tertiary/aromatic N) is 1. The number of amides is 2. The Morgan fingerprint density at radius 3 is 2.51 bits per heavy atom. The maximum atomic E-state index is 14.3. The molecule has 3 aromatic carbocycles. The molecule has 39 heavy (non-hydrogen) atoms. The van der Waals surface area contributed by atoms with Crippen molar-refractivity contribution in [1.29, 1.82) is 0 Å². The van der Waals surface area contributed by atoms with E-state index < -0.39 is 47.0 Å². The molecule has 3 fully saturated rings. The van der Waals surface area contributed by atoms with Crippen molar-refractivity contribution in [1.82, 2.24) is 4.90 Å². The van der Waals surface area contributed by atoms with Gasteiger partial charge in [-0.2, -0.15) is 0 Å². The zero-order chi connectivity index (χ0) is 27.4. The number of carbonyl (C=O) groups excluding carboxylic acids is 3. The summed E-state index contributed by atoms with van der Waals surface area (Å²) in [6.45, 7) is 3.35. The number of benzene rings is 3. The lowest BCUT2D eigenvalue weighted by molar-refractivity contribution is -0.160. The average Bonchev–Trinajstić information content (AvgIpc) is 3.51. The van der Waals surface area contributed by atoms with Gasteiger partial charge in [-0.15, -0.1) is 0 Å². The van der Waals surface area contributed by atoms with Crippen LogP contribution in [-0.2, 0) is 23.9 Å². The Labute approximate surface area is 226 Å². The fourth-order valence-electron chi connectivity index (χ4n) is 7.10. The molecule has 0 aromatic heterocycles. The molecule has 6 rings (SSSR count). The number of ether oxygens (including phenoxy) is 2. The number of nitrogens with one attached hydrogen (secondary N) is 1. The highest BCUT2D eigenvalue weighted by Crippen LogP contribution is 2.64. The number of aliphatic hydroxyl groups excluding tert-OH is 1. The van der Waals surface area contributed by atoms with Crippen LogP contribution in [0.2, 0.25) is 0 Å². The minimum absolute atomic E-state index is 0.179. The summed E-state index contributed by atoms with van der Waals surface area (Å²) in [4.78, 5) is 43.2. The van der Waals surface area contributed by atoms with Crippen molar-refractivity contribution in [3.05, 3.63) is 78.4 Å². The largest absolute Gasteiger partial charge is 0.466 e. The standard InChI is InChI=1S/C31H32N2O6/c1-3-38-29(37)25-24-28(36)33(23(18-34)20-10-5-4-6-11-20)26(31(24)16-15-30(25,2)39-31)27(35)32-22-14-13-19-9-7-8-12-21(19)17-22/h4-14,17,23-26,34H,3,15-16,18H2,1-2H3,(H,32,35)/t23-,24+,25+,26?,30-,31?/m1/s1. The van der Waals surface area contributed by atoms with Crippen LogP contribution in [0, 0.1) is 11.8 Å². The van der Waals surface area contributed by atoms with Crippen molar-refractivity contribution in [2.75, 3.05) is 18.5 Å². The number of likely N-dealkylation sites (tertiary alicyclic amines) is 1. The van der Waals surface area contributed by atoms with Crippen LogP contribution in [0.15, 0.2) is 72.8 Å². The van der Waals surface area contributed by atoms with Gasteiger partial charge in [-0.1, -0.05) is 60.7 Å². The van der Waals surface area contributed by atoms with Crippen LogP contribution >= 0.6 is 0 Å². The highest BCUT2D eigenvalue weighted by Gasteiger charge is 2.78. The molecule has 8 heteroatoms. The van der Waals surface area contributed by atoms with E-state index in [0.717, 1.165) is 10.8 Å². The number of carbonyl (C=O) groups is 3. The Balaban J connectivity index is 1.44. The Morgan fingerprint density at radius 2 is 1.79 bits per heavy atom. The summed E-state index contributed by atoms with van der Waals surface area (Å²) < 4.78 is 12.0. The van der Waals surface area contributed by atoms with E-state index in [-0.39, 0.29) is 19.1 Å². The molecule has 3 heterocycles. The number of hydrogen-bond acceptors (Lipinski definition) is 6. The smallest absolute Gasteiger partial charge is 0.312 e. The third-order valence-corrected chi connectivity index (χ3v) is 8.71. The fourth-order valence-corrected chi connectivity index (χ4v) is 7.10. The molecule has 0 saturated carbocycles. The van der Waals surface area contributed by atoms with Crippen molar-refractivity contribution >= 4 is 34.2 Å². The highest BCUT2D eigenvalue weighted by molar-refractivity contribution is 6.04. The van der Waals surface area contributed by atoms with E-state index in [1.165, 1.54) is 4.90 Å². The monoisotopic (exact) mass is 528 g/mol. The molecule has 3 saturated heterocycles. The molecule has 2 amide bonds. The summed E-state index contributed by atoms with van der Waals surface area (Å²) in [6.07, 6.45) is 0.956. The van der Waals surface area contributed by atoms with Crippen molar-refractivity contribution in [3.8, 4) is 0 Å². The van der Waals surface area contributed by atoms with Gasteiger partial charge in [0.25, 0.3) is 0 Å². The average molecular weight is 529 g/mol. The molecule has 3 aliphatic heterocycles. The number of fused-ring (bicyclic) bond motifs is 2. The van der Waals surface area contributed by atoms with E-state index in [1.807, 2.05) is 79.7 Å². The predicted molar refractivity (Wildman–Crippen MR) is 145 cm³/mol. The van der Waals surface area contributed by atoms with Crippen LogP contribution in [0.25, 0.3) is 10.8 Å². The summed E-state index contributed by atoms with van der Waals surface area (Å²) in [5, 5.41) is 15.6. The molecule has 8 nitrogen and oxygen atoms in total. The topological polar surface area (TPSA) is 105 Å². The molecule has 3 aliphatic rings. The first kappa shape index (κ1) is 25.5. The Bertz CT molecular complexity index is 1440. The van der Waals surface area contributed by atoms with Gasteiger partial charge in [-0.3, -0.25) is 14.4 Å². The van der Waals surface area contributed by atoms with Crippen LogP contribution in [0.5, 0.6) is 0 Å². The zero-order valence-electron chi connectivity index (χ0n) is 22.0. The molecule has 2 N–H and O–H groups in total. The van der Waals surface area contributed by atoms with Crippen LogP contribution in [0.4, 0.5) is 5.69 Å². The summed E-state index contributed by atoms with van der Waals surface area (Å²) >= 11 is 0. The second-order valence-electron chi connectivity index (χ2n) is 10.9. The van der Waals surface area contributed by atoms with Gasteiger partial charge in [0.05, 0.1) is 30.8 Å². The van der Waals surface area contributed by atoms with Crippen LogP contribution in [0.3, 0.4) is 0 Å². The van der Waals surface area contributed by atoms with Crippen LogP contribution < -0.4 is 5.32 Å². The number of esters is 1. The summed E-state index contributed by atoms with van der Waals surface area (Å²) in [5.74, 6) is -3.01. The second-order valence-corrected chi connectivity index (χ2v) is 10.9. The lowest BCUT2D eigenvalue weighted by atomic mass is 9.66. The van der Waals surface area contributed by atoms with E-state index in [9.17, 15) is 19.5 Å². The number of rotatable bonds is 7. The SMILES string of the molecule is CCOC(=O)[C@@H]1[C@H]2C(=O)N([C@H](CO)c3ccccc3)C(C(=O)Nc3ccc4ccccc4c3)C23CC[C@@]1(C)O3. The first-order chi connectivity index (χ1) is 18.8. The number of hydrogen-bond donors (Lipinski definition) is 2.